The monoisotopic (exact) mass is 400 g/mol. The van der Waals surface area contributed by atoms with Crippen LogP contribution in [0.1, 0.15) is 50.5 Å². The number of carboxylic acids is 1. The van der Waals surface area contributed by atoms with Crippen LogP contribution in [0.2, 0.25) is 0 Å². The van der Waals surface area contributed by atoms with E-state index in [2.05, 4.69) is 29.6 Å². The zero-order chi connectivity index (χ0) is 21.0. The number of benzene rings is 1. The lowest BCUT2D eigenvalue weighted by Crippen LogP contribution is -2.49. The summed E-state index contributed by atoms with van der Waals surface area (Å²) in [6.45, 7) is 1.81. The van der Waals surface area contributed by atoms with Crippen LogP contribution in [-0.4, -0.2) is 52.0 Å². The number of amides is 2. The highest BCUT2D eigenvalue weighted by Crippen LogP contribution is 2.37. The van der Waals surface area contributed by atoms with Crippen molar-refractivity contribution in [3.63, 3.8) is 0 Å². The summed E-state index contributed by atoms with van der Waals surface area (Å²) in [5.74, 6) is -1.93. The average molecular weight is 400 g/mol. The molecular weight excluding hydrogens is 372 g/mol. The summed E-state index contributed by atoms with van der Waals surface area (Å²) in [5, 5.41) is 21.0. The van der Waals surface area contributed by atoms with E-state index < -0.39 is 24.3 Å². The van der Waals surface area contributed by atoms with Crippen LogP contribution in [0, 0.1) is 5.92 Å². The van der Waals surface area contributed by atoms with E-state index in [1.165, 1.54) is 5.56 Å². The predicted molar refractivity (Wildman–Crippen MR) is 107 cm³/mol. The minimum Gasteiger partial charge on any atom is -0.511 e. The van der Waals surface area contributed by atoms with Crippen LogP contribution in [0.4, 0.5) is 0 Å². The van der Waals surface area contributed by atoms with Gasteiger partial charge in [0.15, 0.2) is 0 Å². The van der Waals surface area contributed by atoms with E-state index in [1.54, 1.807) is 4.90 Å². The van der Waals surface area contributed by atoms with Gasteiger partial charge in [0.25, 0.3) is 11.8 Å². The Hall–Kier alpha value is -2.83. The van der Waals surface area contributed by atoms with Gasteiger partial charge >= 0.3 is 5.97 Å². The van der Waals surface area contributed by atoms with Crippen molar-refractivity contribution in [2.75, 3.05) is 13.1 Å². The quantitative estimate of drug-likeness (QED) is 0.637. The van der Waals surface area contributed by atoms with E-state index in [4.69, 9.17) is 5.11 Å². The van der Waals surface area contributed by atoms with Gasteiger partial charge in [0.2, 0.25) is 0 Å². The Morgan fingerprint density at radius 1 is 1.14 bits per heavy atom. The van der Waals surface area contributed by atoms with Crippen molar-refractivity contribution in [1.82, 2.24) is 10.2 Å². The Bertz CT molecular complexity index is 797. The largest absolute Gasteiger partial charge is 0.511 e. The summed E-state index contributed by atoms with van der Waals surface area (Å²) >= 11 is 0. The Balaban J connectivity index is 1.61. The fourth-order valence-corrected chi connectivity index (χ4v) is 4.38. The molecule has 1 heterocycles. The van der Waals surface area contributed by atoms with E-state index in [0.717, 1.165) is 25.7 Å². The summed E-state index contributed by atoms with van der Waals surface area (Å²) in [4.78, 5) is 37.4. The molecule has 156 valence electrons. The van der Waals surface area contributed by atoms with E-state index >= 15 is 0 Å². The topological polar surface area (TPSA) is 107 Å². The lowest BCUT2D eigenvalue weighted by Gasteiger charge is -2.38. The first-order valence-electron chi connectivity index (χ1n) is 10.1. The fourth-order valence-electron chi connectivity index (χ4n) is 4.38. The normalized spacial score (nSPS) is 25.1. The van der Waals surface area contributed by atoms with Gasteiger partial charge in [-0.05, 0) is 50.0 Å². The Kier molecular flexibility index (Phi) is 6.56. The number of nitrogens with one attached hydrogen (secondary N) is 1. The van der Waals surface area contributed by atoms with Gasteiger partial charge in [-0.15, -0.1) is 0 Å². The number of aliphatic carboxylic acids is 1. The van der Waals surface area contributed by atoms with Crippen LogP contribution in [0.15, 0.2) is 41.7 Å². The number of hydrogen-bond donors (Lipinski definition) is 3. The maximum atomic E-state index is 12.9. The second-order valence-corrected chi connectivity index (χ2v) is 8.04. The van der Waals surface area contributed by atoms with Gasteiger partial charge in [-0.1, -0.05) is 30.3 Å². The molecule has 3 rings (SSSR count). The SMILES string of the molecule is CC1CC(O)=C(C(=O)NCC(=O)O)C(=O)N1CC1CCC(c2ccccc2)CC1. The van der Waals surface area contributed by atoms with Crippen LogP contribution in [0.5, 0.6) is 0 Å². The standard InChI is InChI=1S/C22H28N2O5/c1-14-11-18(25)20(21(28)23-12-19(26)27)22(29)24(14)13-15-7-9-17(10-8-15)16-5-3-2-4-6-16/h2-6,14-15,17,25H,7-13H2,1H3,(H,23,28)(H,26,27). The molecule has 2 amide bonds. The lowest BCUT2D eigenvalue weighted by atomic mass is 9.78. The third-order valence-corrected chi connectivity index (χ3v) is 5.98. The highest BCUT2D eigenvalue weighted by Gasteiger charge is 2.37. The first-order valence-corrected chi connectivity index (χ1v) is 10.1. The van der Waals surface area contributed by atoms with Crippen molar-refractivity contribution < 1.29 is 24.6 Å². The fraction of sp³-hybridized carbons (Fsp3) is 0.500. The second kappa shape index (κ2) is 9.11. The summed E-state index contributed by atoms with van der Waals surface area (Å²) < 4.78 is 0. The minimum absolute atomic E-state index is 0.195. The molecule has 1 aliphatic heterocycles. The Morgan fingerprint density at radius 2 is 1.79 bits per heavy atom. The molecule has 1 saturated carbocycles. The van der Waals surface area contributed by atoms with Crippen molar-refractivity contribution in [2.45, 2.75) is 51.0 Å². The molecule has 3 N–H and O–H groups in total. The number of carbonyl (C=O) groups is 3. The molecule has 2 aliphatic rings. The average Bonchev–Trinajstić information content (AvgIpc) is 2.70. The summed E-state index contributed by atoms with van der Waals surface area (Å²) in [6, 6.07) is 10.3. The molecule has 7 nitrogen and oxygen atoms in total. The van der Waals surface area contributed by atoms with Crippen molar-refractivity contribution in [3.8, 4) is 0 Å². The van der Waals surface area contributed by atoms with Gasteiger partial charge in [0.1, 0.15) is 17.9 Å². The molecule has 1 aliphatic carbocycles. The zero-order valence-electron chi connectivity index (χ0n) is 16.6. The van der Waals surface area contributed by atoms with E-state index in [1.807, 2.05) is 13.0 Å². The molecule has 0 bridgehead atoms. The molecule has 1 atom stereocenters. The smallest absolute Gasteiger partial charge is 0.322 e. The highest BCUT2D eigenvalue weighted by molar-refractivity contribution is 6.19. The zero-order valence-corrected chi connectivity index (χ0v) is 16.6. The van der Waals surface area contributed by atoms with Crippen molar-refractivity contribution in [2.24, 2.45) is 5.92 Å². The number of aliphatic hydroxyl groups excluding tert-OH is 1. The van der Waals surface area contributed by atoms with Crippen LogP contribution >= 0.6 is 0 Å². The number of nitrogens with zero attached hydrogens (tertiary/aromatic N) is 1. The summed E-state index contributed by atoms with van der Waals surface area (Å²) in [6.07, 6.45) is 4.34. The molecule has 1 unspecified atom stereocenters. The van der Waals surface area contributed by atoms with E-state index in [9.17, 15) is 19.5 Å². The van der Waals surface area contributed by atoms with Crippen LogP contribution in [-0.2, 0) is 14.4 Å². The van der Waals surface area contributed by atoms with Gasteiger partial charge in [0, 0.05) is 19.0 Å². The van der Waals surface area contributed by atoms with Crippen LogP contribution < -0.4 is 5.32 Å². The van der Waals surface area contributed by atoms with Crippen molar-refractivity contribution in [1.29, 1.82) is 0 Å². The molecule has 0 radical (unpaired) electrons. The van der Waals surface area contributed by atoms with Crippen LogP contribution in [0.25, 0.3) is 0 Å². The molecule has 1 aromatic carbocycles. The third kappa shape index (κ3) is 4.96. The molecule has 1 fully saturated rings. The first-order chi connectivity index (χ1) is 13.9. The van der Waals surface area contributed by atoms with Gasteiger partial charge in [-0.25, -0.2) is 0 Å². The number of rotatable bonds is 6. The summed E-state index contributed by atoms with van der Waals surface area (Å²) in [5.41, 5.74) is 1.03. The number of aliphatic hydroxyl groups is 1. The summed E-state index contributed by atoms with van der Waals surface area (Å²) in [7, 11) is 0. The van der Waals surface area contributed by atoms with Gasteiger partial charge in [-0.2, -0.15) is 0 Å². The lowest BCUT2D eigenvalue weighted by molar-refractivity contribution is -0.139. The number of carboxylic acid groups (broad SMARTS) is 1. The molecule has 7 heteroatoms. The third-order valence-electron chi connectivity index (χ3n) is 5.98. The maximum Gasteiger partial charge on any atom is 0.322 e. The van der Waals surface area contributed by atoms with E-state index in [-0.39, 0.29) is 23.8 Å². The van der Waals surface area contributed by atoms with Gasteiger partial charge in [-0.3, -0.25) is 14.4 Å². The molecule has 0 aromatic heterocycles. The minimum atomic E-state index is -1.21. The maximum absolute atomic E-state index is 12.9. The van der Waals surface area contributed by atoms with E-state index in [0.29, 0.717) is 18.4 Å². The number of carbonyl (C=O) groups excluding carboxylic acids is 2. The molecule has 0 spiro atoms. The molecule has 1 aromatic rings. The van der Waals surface area contributed by atoms with Gasteiger partial charge < -0.3 is 20.4 Å². The molecular formula is C22H28N2O5. The first kappa shape index (κ1) is 20.9. The number of hydrogen-bond acceptors (Lipinski definition) is 4. The molecule has 29 heavy (non-hydrogen) atoms. The van der Waals surface area contributed by atoms with Crippen molar-refractivity contribution in [3.05, 3.63) is 47.2 Å². The second-order valence-electron chi connectivity index (χ2n) is 8.04. The van der Waals surface area contributed by atoms with Crippen molar-refractivity contribution >= 4 is 17.8 Å². The van der Waals surface area contributed by atoms with Crippen LogP contribution in [0.3, 0.4) is 0 Å². The Morgan fingerprint density at radius 3 is 2.41 bits per heavy atom. The Labute approximate surface area is 170 Å². The predicted octanol–water partition coefficient (Wildman–Crippen LogP) is 2.59. The molecule has 0 saturated heterocycles. The highest BCUT2D eigenvalue weighted by atomic mass is 16.4. The van der Waals surface area contributed by atoms with Gasteiger partial charge in [0.05, 0.1) is 0 Å².